The molecular formula is C26H28N4O. The van der Waals surface area contributed by atoms with Crippen LogP contribution in [0, 0.1) is 5.92 Å². The summed E-state index contributed by atoms with van der Waals surface area (Å²) in [5.41, 5.74) is 5.29. The van der Waals surface area contributed by atoms with E-state index in [9.17, 15) is 4.79 Å². The zero-order valence-electron chi connectivity index (χ0n) is 17.8. The van der Waals surface area contributed by atoms with E-state index in [1.807, 2.05) is 23.1 Å². The van der Waals surface area contributed by atoms with Gasteiger partial charge in [0.1, 0.15) is 0 Å². The van der Waals surface area contributed by atoms with Gasteiger partial charge in [-0.3, -0.25) is 9.78 Å². The van der Waals surface area contributed by atoms with Gasteiger partial charge in [0.05, 0.1) is 11.1 Å². The predicted octanol–water partition coefficient (Wildman–Crippen LogP) is 3.62. The van der Waals surface area contributed by atoms with Crippen molar-refractivity contribution in [1.82, 2.24) is 15.2 Å². The zero-order valence-corrected chi connectivity index (χ0v) is 17.8. The largest absolute Gasteiger partial charge is 0.370 e. The number of nitrogens with one attached hydrogen (secondary N) is 1. The number of rotatable bonds is 4. The van der Waals surface area contributed by atoms with Crippen molar-refractivity contribution < 1.29 is 4.79 Å². The summed E-state index contributed by atoms with van der Waals surface area (Å²) in [5.74, 6) is 0.884. The quantitative estimate of drug-likeness (QED) is 0.711. The molecule has 2 unspecified atom stereocenters. The van der Waals surface area contributed by atoms with Gasteiger partial charge < -0.3 is 15.1 Å². The molecule has 3 aliphatic heterocycles. The normalized spacial score (nSPS) is 22.8. The maximum absolute atomic E-state index is 13.4. The number of carbonyl (C=O) groups excluding carboxylic acids is 1. The second-order valence-corrected chi connectivity index (χ2v) is 9.13. The fraction of sp³-hybridized carbons (Fsp3) is 0.385. The Morgan fingerprint density at radius 2 is 1.97 bits per heavy atom. The number of hydrogen-bond acceptors (Lipinski definition) is 4. The van der Waals surface area contributed by atoms with Gasteiger partial charge in [-0.1, -0.05) is 36.4 Å². The van der Waals surface area contributed by atoms with E-state index in [1.165, 1.54) is 18.4 Å². The Balaban J connectivity index is 1.19. The number of amides is 1. The Bertz CT molecular complexity index is 1140. The minimum atomic E-state index is 0.179. The fourth-order valence-electron chi connectivity index (χ4n) is 5.61. The second-order valence-electron chi connectivity index (χ2n) is 9.13. The molecule has 1 amide bonds. The Hall–Kier alpha value is -2.92. The van der Waals surface area contributed by atoms with Crippen LogP contribution in [0.4, 0.5) is 5.69 Å². The number of benzene rings is 2. The molecule has 3 aliphatic rings. The maximum Gasteiger partial charge on any atom is 0.256 e. The van der Waals surface area contributed by atoms with E-state index < -0.39 is 0 Å². The van der Waals surface area contributed by atoms with Crippen LogP contribution in [0.25, 0.3) is 10.9 Å². The number of pyridine rings is 1. The molecule has 5 nitrogen and oxygen atoms in total. The Kier molecular flexibility index (Phi) is 4.64. The summed E-state index contributed by atoms with van der Waals surface area (Å²) >= 11 is 0. The van der Waals surface area contributed by atoms with Crippen molar-refractivity contribution in [2.75, 3.05) is 31.1 Å². The first-order chi connectivity index (χ1) is 15.3. The predicted molar refractivity (Wildman–Crippen MR) is 123 cm³/mol. The third-order valence-electron chi connectivity index (χ3n) is 7.28. The lowest BCUT2D eigenvalue weighted by Crippen LogP contribution is -2.45. The van der Waals surface area contributed by atoms with Gasteiger partial charge in [0, 0.05) is 55.4 Å². The summed E-state index contributed by atoms with van der Waals surface area (Å²) < 4.78 is 0. The van der Waals surface area contributed by atoms with E-state index in [1.54, 1.807) is 0 Å². The first kappa shape index (κ1) is 18.8. The molecular weight excluding hydrogens is 384 g/mol. The zero-order chi connectivity index (χ0) is 20.8. The molecule has 2 aromatic carbocycles. The van der Waals surface area contributed by atoms with Gasteiger partial charge in [0.15, 0.2) is 0 Å². The molecule has 2 fully saturated rings. The summed E-state index contributed by atoms with van der Waals surface area (Å²) in [6.45, 7) is 4.62. The number of carbonyl (C=O) groups is 1. The van der Waals surface area contributed by atoms with Crippen molar-refractivity contribution in [1.29, 1.82) is 0 Å². The van der Waals surface area contributed by atoms with E-state index in [2.05, 4.69) is 46.6 Å². The molecule has 0 saturated carbocycles. The van der Waals surface area contributed by atoms with Crippen LogP contribution in [0.2, 0.25) is 0 Å². The van der Waals surface area contributed by atoms with E-state index >= 15 is 0 Å². The number of fused-ring (bicyclic) bond motifs is 3. The highest BCUT2D eigenvalue weighted by Gasteiger charge is 2.36. The summed E-state index contributed by atoms with van der Waals surface area (Å²) in [6.07, 6.45) is 3.19. The van der Waals surface area contributed by atoms with Gasteiger partial charge in [-0.25, -0.2) is 0 Å². The van der Waals surface area contributed by atoms with Gasteiger partial charge in [0.2, 0.25) is 0 Å². The van der Waals surface area contributed by atoms with Crippen LogP contribution in [0.3, 0.4) is 0 Å². The summed E-state index contributed by atoms with van der Waals surface area (Å²) in [7, 11) is 0. The topological polar surface area (TPSA) is 48.5 Å². The maximum atomic E-state index is 13.4. The first-order valence-electron chi connectivity index (χ1n) is 11.5. The van der Waals surface area contributed by atoms with Crippen molar-refractivity contribution in [3.63, 3.8) is 0 Å². The molecule has 0 aliphatic carbocycles. The summed E-state index contributed by atoms with van der Waals surface area (Å²) in [6, 6.07) is 19.4. The van der Waals surface area contributed by atoms with E-state index in [0.717, 1.165) is 53.9 Å². The third-order valence-corrected chi connectivity index (χ3v) is 7.28. The Labute approximate surface area is 183 Å². The average molecular weight is 413 g/mol. The fourth-order valence-corrected chi connectivity index (χ4v) is 5.61. The lowest BCUT2D eigenvalue weighted by Gasteiger charge is -2.37. The van der Waals surface area contributed by atoms with Crippen LogP contribution in [0.5, 0.6) is 0 Å². The molecule has 0 spiro atoms. The molecule has 2 atom stereocenters. The molecule has 2 saturated heterocycles. The molecule has 158 valence electrons. The lowest BCUT2D eigenvalue weighted by atomic mass is 9.92. The second kappa shape index (κ2) is 7.65. The van der Waals surface area contributed by atoms with Crippen LogP contribution < -0.4 is 10.2 Å². The van der Waals surface area contributed by atoms with Crippen molar-refractivity contribution in [3.8, 4) is 0 Å². The molecule has 6 rings (SSSR count). The molecule has 1 aromatic heterocycles. The SMILES string of the molecule is O=C1c2c(cccc2N2CCC3NCCC3C2)CN1CCc1ccc2ccccc2n1. The highest BCUT2D eigenvalue weighted by atomic mass is 16.2. The van der Waals surface area contributed by atoms with Gasteiger partial charge in [-0.05, 0) is 49.1 Å². The number of nitrogens with zero attached hydrogens (tertiary/aromatic N) is 3. The number of para-hydroxylation sites is 1. The third kappa shape index (κ3) is 3.37. The molecule has 4 heterocycles. The van der Waals surface area contributed by atoms with Crippen LogP contribution in [-0.2, 0) is 13.0 Å². The molecule has 0 radical (unpaired) electrons. The van der Waals surface area contributed by atoms with Gasteiger partial charge in [0.25, 0.3) is 5.91 Å². The highest BCUT2D eigenvalue weighted by Crippen LogP contribution is 2.35. The van der Waals surface area contributed by atoms with Crippen LogP contribution in [0.1, 0.15) is 34.5 Å². The molecule has 3 aromatic rings. The molecule has 0 bridgehead atoms. The van der Waals surface area contributed by atoms with Gasteiger partial charge in [-0.15, -0.1) is 0 Å². The van der Waals surface area contributed by atoms with Crippen molar-refractivity contribution in [2.45, 2.75) is 31.8 Å². The van der Waals surface area contributed by atoms with Crippen LogP contribution in [-0.4, -0.2) is 48.0 Å². The highest BCUT2D eigenvalue weighted by molar-refractivity contribution is 6.03. The van der Waals surface area contributed by atoms with E-state index in [4.69, 9.17) is 4.98 Å². The number of aromatic nitrogens is 1. The smallest absolute Gasteiger partial charge is 0.256 e. The van der Waals surface area contributed by atoms with Gasteiger partial charge >= 0.3 is 0 Å². The van der Waals surface area contributed by atoms with Gasteiger partial charge in [-0.2, -0.15) is 0 Å². The van der Waals surface area contributed by atoms with E-state index in [0.29, 0.717) is 25.0 Å². The Morgan fingerprint density at radius 1 is 1.03 bits per heavy atom. The summed E-state index contributed by atoms with van der Waals surface area (Å²) in [4.78, 5) is 22.6. The standard InChI is InChI=1S/C26H28N4O/c31-26-25-20(5-3-7-24(25)29-15-12-22-19(16-29)10-13-27-22)17-30(26)14-11-21-9-8-18-4-1-2-6-23(18)28-21/h1-9,19,22,27H,10-17H2. The molecule has 31 heavy (non-hydrogen) atoms. The summed E-state index contributed by atoms with van der Waals surface area (Å²) in [5, 5.41) is 4.79. The van der Waals surface area contributed by atoms with Crippen LogP contribution >= 0.6 is 0 Å². The van der Waals surface area contributed by atoms with Crippen LogP contribution in [0.15, 0.2) is 54.6 Å². The minimum Gasteiger partial charge on any atom is -0.370 e. The van der Waals surface area contributed by atoms with E-state index in [-0.39, 0.29) is 5.91 Å². The lowest BCUT2D eigenvalue weighted by molar-refractivity contribution is 0.0780. The minimum absolute atomic E-state index is 0.179. The number of hydrogen-bond donors (Lipinski definition) is 1. The van der Waals surface area contributed by atoms with Crippen molar-refractivity contribution in [2.24, 2.45) is 5.92 Å². The number of piperidine rings is 1. The van der Waals surface area contributed by atoms with Crippen molar-refractivity contribution in [3.05, 3.63) is 71.4 Å². The Morgan fingerprint density at radius 3 is 2.94 bits per heavy atom. The monoisotopic (exact) mass is 412 g/mol. The average Bonchev–Trinajstić information content (AvgIpc) is 3.41. The van der Waals surface area contributed by atoms with Crippen molar-refractivity contribution >= 4 is 22.5 Å². The first-order valence-corrected chi connectivity index (χ1v) is 11.5. The molecule has 5 heteroatoms. The number of anilines is 1. The molecule has 1 N–H and O–H groups in total.